The molecule has 92 valence electrons. The molecule has 0 fully saturated rings. The molecule has 0 bridgehead atoms. The molecule has 0 N–H and O–H groups in total. The van der Waals surface area contributed by atoms with E-state index in [4.69, 9.17) is 0 Å². The summed E-state index contributed by atoms with van der Waals surface area (Å²) in [5.41, 5.74) is 0.241. The van der Waals surface area contributed by atoms with E-state index >= 15 is 0 Å². The van der Waals surface area contributed by atoms with Gasteiger partial charge in [0.05, 0.1) is 6.42 Å². The molecular formula is C11H8F4O2. The standard InChI is InChI=1S/C11H8F4O2/c12-8-3-1-2-7(4-8)5-9(16)6-10(17)11(13,14)15/h1-4H,5-6H2. The molecule has 0 radical (unpaired) electrons. The molecule has 0 aliphatic rings. The van der Waals surface area contributed by atoms with E-state index < -0.39 is 30.0 Å². The van der Waals surface area contributed by atoms with Crippen LogP contribution in [0.4, 0.5) is 17.6 Å². The molecule has 1 rings (SSSR count). The van der Waals surface area contributed by atoms with E-state index in [1.807, 2.05) is 0 Å². The highest BCUT2D eigenvalue weighted by molar-refractivity contribution is 6.02. The first-order valence-electron chi connectivity index (χ1n) is 4.65. The van der Waals surface area contributed by atoms with Gasteiger partial charge in [-0.05, 0) is 17.7 Å². The van der Waals surface area contributed by atoms with E-state index in [1.165, 1.54) is 12.1 Å². The average molecular weight is 248 g/mol. The summed E-state index contributed by atoms with van der Waals surface area (Å²) in [5, 5.41) is 0. The average Bonchev–Trinajstić information content (AvgIpc) is 2.15. The van der Waals surface area contributed by atoms with Gasteiger partial charge in [0.1, 0.15) is 11.6 Å². The lowest BCUT2D eigenvalue weighted by Gasteiger charge is -2.04. The minimum absolute atomic E-state index is 0.241. The number of hydrogen-bond acceptors (Lipinski definition) is 2. The molecule has 0 heterocycles. The first-order chi connectivity index (χ1) is 7.79. The Morgan fingerprint density at radius 3 is 2.35 bits per heavy atom. The first-order valence-corrected chi connectivity index (χ1v) is 4.65. The van der Waals surface area contributed by atoms with Crippen molar-refractivity contribution in [2.75, 3.05) is 0 Å². The van der Waals surface area contributed by atoms with Gasteiger partial charge in [-0.15, -0.1) is 0 Å². The van der Waals surface area contributed by atoms with E-state index in [9.17, 15) is 27.2 Å². The third-order valence-electron chi connectivity index (χ3n) is 1.96. The van der Waals surface area contributed by atoms with Crippen molar-refractivity contribution in [2.45, 2.75) is 19.0 Å². The van der Waals surface area contributed by atoms with Crippen molar-refractivity contribution in [2.24, 2.45) is 0 Å². The molecule has 0 spiro atoms. The Morgan fingerprint density at radius 2 is 1.82 bits per heavy atom. The van der Waals surface area contributed by atoms with Gasteiger partial charge in [0.2, 0.25) is 5.78 Å². The zero-order valence-corrected chi connectivity index (χ0v) is 8.55. The minimum atomic E-state index is -5.00. The van der Waals surface area contributed by atoms with Crippen LogP contribution in [0.3, 0.4) is 0 Å². The van der Waals surface area contributed by atoms with E-state index in [-0.39, 0.29) is 12.0 Å². The second-order valence-electron chi connectivity index (χ2n) is 3.44. The predicted molar refractivity (Wildman–Crippen MR) is 50.8 cm³/mol. The molecule has 0 atom stereocenters. The maximum atomic E-state index is 12.7. The molecule has 0 saturated heterocycles. The maximum Gasteiger partial charge on any atom is 0.450 e. The Balaban J connectivity index is 2.59. The van der Waals surface area contributed by atoms with Gasteiger partial charge in [-0.2, -0.15) is 13.2 Å². The van der Waals surface area contributed by atoms with Crippen LogP contribution in [0.2, 0.25) is 0 Å². The molecule has 0 amide bonds. The van der Waals surface area contributed by atoms with Gasteiger partial charge in [-0.25, -0.2) is 4.39 Å². The van der Waals surface area contributed by atoms with Gasteiger partial charge < -0.3 is 0 Å². The number of rotatable bonds is 4. The summed E-state index contributed by atoms with van der Waals surface area (Å²) in [5.74, 6) is -3.56. The number of carbonyl (C=O) groups excluding carboxylic acids is 2. The first kappa shape index (κ1) is 13.3. The van der Waals surface area contributed by atoms with Crippen molar-refractivity contribution >= 4 is 11.6 Å². The molecule has 0 aliphatic heterocycles. The lowest BCUT2D eigenvalue weighted by molar-refractivity contribution is -0.171. The van der Waals surface area contributed by atoms with Crippen LogP contribution < -0.4 is 0 Å². The van der Waals surface area contributed by atoms with E-state index in [0.717, 1.165) is 12.1 Å². The van der Waals surface area contributed by atoms with Crippen LogP contribution in [0, 0.1) is 5.82 Å². The summed E-state index contributed by atoms with van der Waals surface area (Å²) in [6, 6.07) is 4.92. The Morgan fingerprint density at radius 1 is 1.18 bits per heavy atom. The highest BCUT2D eigenvalue weighted by atomic mass is 19.4. The quantitative estimate of drug-likeness (QED) is 0.606. The van der Waals surface area contributed by atoms with Crippen LogP contribution in [0.5, 0.6) is 0 Å². The van der Waals surface area contributed by atoms with Crippen molar-refractivity contribution in [1.29, 1.82) is 0 Å². The number of hydrogen-bond donors (Lipinski definition) is 0. The van der Waals surface area contributed by atoms with Crippen LogP contribution >= 0.6 is 0 Å². The molecular weight excluding hydrogens is 240 g/mol. The van der Waals surface area contributed by atoms with Crippen LogP contribution in [0.15, 0.2) is 24.3 Å². The SMILES string of the molecule is O=C(CC(=O)C(F)(F)F)Cc1cccc(F)c1. The lowest BCUT2D eigenvalue weighted by atomic mass is 10.1. The van der Waals surface area contributed by atoms with Crippen molar-refractivity contribution < 1.29 is 27.2 Å². The Hall–Kier alpha value is -1.72. The zero-order chi connectivity index (χ0) is 13.1. The number of alkyl halides is 3. The van der Waals surface area contributed by atoms with Gasteiger partial charge in [0.15, 0.2) is 0 Å². The molecule has 2 nitrogen and oxygen atoms in total. The Labute approximate surface area is 94.2 Å². The largest absolute Gasteiger partial charge is 0.450 e. The molecule has 17 heavy (non-hydrogen) atoms. The van der Waals surface area contributed by atoms with Crippen LogP contribution in [-0.4, -0.2) is 17.7 Å². The molecule has 1 aromatic carbocycles. The molecule has 0 unspecified atom stereocenters. The molecule has 0 aliphatic carbocycles. The summed E-state index contributed by atoms with van der Waals surface area (Å²) in [6.07, 6.45) is -6.60. The van der Waals surface area contributed by atoms with Crippen LogP contribution in [0.1, 0.15) is 12.0 Å². The third kappa shape index (κ3) is 4.34. The van der Waals surface area contributed by atoms with E-state index in [0.29, 0.717) is 0 Å². The topological polar surface area (TPSA) is 34.1 Å². The van der Waals surface area contributed by atoms with E-state index in [1.54, 1.807) is 0 Å². The summed E-state index contributed by atoms with van der Waals surface area (Å²) >= 11 is 0. The second kappa shape index (κ2) is 5.07. The molecule has 0 aromatic heterocycles. The van der Waals surface area contributed by atoms with Crippen molar-refractivity contribution in [3.05, 3.63) is 35.6 Å². The number of carbonyl (C=O) groups is 2. The monoisotopic (exact) mass is 248 g/mol. The van der Waals surface area contributed by atoms with Crippen molar-refractivity contribution in [1.82, 2.24) is 0 Å². The van der Waals surface area contributed by atoms with E-state index in [2.05, 4.69) is 0 Å². The van der Waals surface area contributed by atoms with Gasteiger partial charge in [-0.1, -0.05) is 12.1 Å². The van der Waals surface area contributed by atoms with Crippen LogP contribution in [0.25, 0.3) is 0 Å². The lowest BCUT2D eigenvalue weighted by Crippen LogP contribution is -2.25. The summed E-state index contributed by atoms with van der Waals surface area (Å²) in [7, 11) is 0. The van der Waals surface area contributed by atoms with Gasteiger partial charge >= 0.3 is 6.18 Å². The molecule has 0 saturated carbocycles. The fourth-order valence-corrected chi connectivity index (χ4v) is 1.22. The number of Topliss-reactive ketones (excluding diaryl/α,β-unsaturated/α-hetero) is 2. The Bertz CT molecular complexity index is 437. The number of halogens is 4. The highest BCUT2D eigenvalue weighted by Gasteiger charge is 2.38. The smallest absolute Gasteiger partial charge is 0.299 e. The van der Waals surface area contributed by atoms with Gasteiger partial charge in [0.25, 0.3) is 0 Å². The number of benzene rings is 1. The highest BCUT2D eigenvalue weighted by Crippen LogP contribution is 2.18. The minimum Gasteiger partial charge on any atom is -0.299 e. The fourth-order valence-electron chi connectivity index (χ4n) is 1.22. The normalized spacial score (nSPS) is 11.3. The van der Waals surface area contributed by atoms with Crippen molar-refractivity contribution in [3.63, 3.8) is 0 Å². The van der Waals surface area contributed by atoms with Gasteiger partial charge in [0, 0.05) is 6.42 Å². The molecule has 1 aromatic rings. The summed E-state index contributed by atoms with van der Waals surface area (Å²) < 4.78 is 48.3. The number of ketones is 2. The fraction of sp³-hybridized carbons (Fsp3) is 0.273. The van der Waals surface area contributed by atoms with Crippen molar-refractivity contribution in [3.8, 4) is 0 Å². The van der Waals surface area contributed by atoms with Gasteiger partial charge in [-0.3, -0.25) is 9.59 Å². The Kier molecular flexibility index (Phi) is 3.98. The summed E-state index contributed by atoms with van der Waals surface area (Å²) in [4.78, 5) is 21.6. The zero-order valence-electron chi connectivity index (χ0n) is 8.55. The second-order valence-corrected chi connectivity index (χ2v) is 3.44. The van der Waals surface area contributed by atoms with Crippen LogP contribution in [-0.2, 0) is 16.0 Å². The summed E-state index contributed by atoms with van der Waals surface area (Å²) in [6.45, 7) is 0. The third-order valence-corrected chi connectivity index (χ3v) is 1.96. The maximum absolute atomic E-state index is 12.7. The predicted octanol–water partition coefficient (Wildman–Crippen LogP) is 2.46. The molecule has 6 heteroatoms.